The van der Waals surface area contributed by atoms with Crippen molar-refractivity contribution < 1.29 is 4.74 Å². The summed E-state index contributed by atoms with van der Waals surface area (Å²) in [7, 11) is 1.66. The summed E-state index contributed by atoms with van der Waals surface area (Å²) in [6.45, 7) is 3.34. The van der Waals surface area contributed by atoms with Crippen LogP contribution in [0.2, 0.25) is 10.0 Å². The standard InChI is InChI=1S/C13H18Cl2N2OS/c1-9(8-18-2)17-13(19)16-6-5-10-3-4-11(14)7-12(10)15/h3-4,7,9H,5-6,8H2,1-2H3,(H2,16,17,19)/t9-/m1/s1. The summed E-state index contributed by atoms with van der Waals surface area (Å²) >= 11 is 17.1. The van der Waals surface area contributed by atoms with Crippen molar-refractivity contribution in [1.29, 1.82) is 0 Å². The molecule has 106 valence electrons. The van der Waals surface area contributed by atoms with Crippen LogP contribution in [0.4, 0.5) is 0 Å². The molecule has 0 unspecified atom stereocenters. The fourth-order valence-electron chi connectivity index (χ4n) is 1.60. The van der Waals surface area contributed by atoms with Crippen LogP contribution >= 0.6 is 35.4 Å². The molecule has 0 aliphatic carbocycles. The van der Waals surface area contributed by atoms with Crippen molar-refractivity contribution in [1.82, 2.24) is 10.6 Å². The first-order valence-electron chi connectivity index (χ1n) is 6.00. The molecule has 0 saturated carbocycles. The molecule has 0 bridgehead atoms. The van der Waals surface area contributed by atoms with Crippen molar-refractivity contribution in [2.75, 3.05) is 20.3 Å². The van der Waals surface area contributed by atoms with E-state index in [4.69, 9.17) is 40.2 Å². The van der Waals surface area contributed by atoms with Crippen LogP contribution in [0, 0.1) is 0 Å². The second-order valence-corrected chi connectivity index (χ2v) is 5.49. The SMILES string of the molecule is COC[C@@H](C)NC(=S)NCCc1ccc(Cl)cc1Cl. The van der Waals surface area contributed by atoms with Crippen LogP contribution in [-0.2, 0) is 11.2 Å². The van der Waals surface area contributed by atoms with Gasteiger partial charge in [-0.3, -0.25) is 0 Å². The molecule has 0 heterocycles. The maximum absolute atomic E-state index is 6.09. The highest BCUT2D eigenvalue weighted by molar-refractivity contribution is 7.80. The number of halogens is 2. The summed E-state index contributed by atoms with van der Waals surface area (Å²) in [5.41, 5.74) is 1.05. The van der Waals surface area contributed by atoms with Crippen LogP contribution < -0.4 is 10.6 Å². The number of hydrogen-bond acceptors (Lipinski definition) is 2. The van der Waals surface area contributed by atoms with Crippen LogP contribution in [0.1, 0.15) is 12.5 Å². The van der Waals surface area contributed by atoms with E-state index in [0.29, 0.717) is 28.3 Å². The molecule has 0 aromatic heterocycles. The zero-order chi connectivity index (χ0) is 14.3. The molecule has 1 aromatic rings. The molecule has 0 amide bonds. The van der Waals surface area contributed by atoms with Gasteiger partial charge in [-0.1, -0.05) is 29.3 Å². The predicted molar refractivity (Wildman–Crippen MR) is 85.2 cm³/mol. The Hall–Kier alpha value is -0.550. The van der Waals surface area contributed by atoms with Crippen LogP contribution in [0.15, 0.2) is 18.2 Å². The van der Waals surface area contributed by atoms with Crippen molar-refractivity contribution in [3.8, 4) is 0 Å². The van der Waals surface area contributed by atoms with Crippen molar-refractivity contribution in [3.05, 3.63) is 33.8 Å². The third-order valence-corrected chi connectivity index (χ3v) is 3.34. The first-order valence-corrected chi connectivity index (χ1v) is 7.16. The van der Waals surface area contributed by atoms with Gasteiger partial charge in [-0.15, -0.1) is 0 Å². The average Bonchev–Trinajstić information content (AvgIpc) is 2.32. The van der Waals surface area contributed by atoms with Gasteiger partial charge >= 0.3 is 0 Å². The molecule has 1 atom stereocenters. The van der Waals surface area contributed by atoms with Gasteiger partial charge in [-0.2, -0.15) is 0 Å². The smallest absolute Gasteiger partial charge is 0.166 e. The average molecular weight is 321 g/mol. The highest BCUT2D eigenvalue weighted by Gasteiger charge is 2.04. The summed E-state index contributed by atoms with van der Waals surface area (Å²) in [5, 5.41) is 8.21. The number of hydrogen-bond donors (Lipinski definition) is 2. The zero-order valence-corrected chi connectivity index (χ0v) is 13.3. The van der Waals surface area contributed by atoms with Gasteiger partial charge in [0.05, 0.1) is 6.61 Å². The topological polar surface area (TPSA) is 33.3 Å². The molecule has 0 aliphatic heterocycles. The van der Waals surface area contributed by atoms with E-state index in [1.807, 2.05) is 19.1 Å². The van der Waals surface area contributed by atoms with Crippen LogP contribution in [-0.4, -0.2) is 31.4 Å². The van der Waals surface area contributed by atoms with E-state index in [1.165, 1.54) is 0 Å². The van der Waals surface area contributed by atoms with E-state index in [-0.39, 0.29) is 6.04 Å². The lowest BCUT2D eigenvalue weighted by atomic mass is 10.1. The molecule has 2 N–H and O–H groups in total. The number of rotatable bonds is 6. The number of nitrogens with one attached hydrogen (secondary N) is 2. The van der Waals surface area contributed by atoms with E-state index in [1.54, 1.807) is 13.2 Å². The van der Waals surface area contributed by atoms with Crippen molar-refractivity contribution in [2.45, 2.75) is 19.4 Å². The number of thiocarbonyl (C=S) groups is 1. The molecule has 1 rings (SSSR count). The Labute approximate surface area is 129 Å². The van der Waals surface area contributed by atoms with Gasteiger partial charge in [0.1, 0.15) is 0 Å². The molecule has 0 fully saturated rings. The monoisotopic (exact) mass is 320 g/mol. The Morgan fingerprint density at radius 1 is 1.42 bits per heavy atom. The molecular weight excluding hydrogens is 303 g/mol. The van der Waals surface area contributed by atoms with Gasteiger partial charge in [0.15, 0.2) is 5.11 Å². The summed E-state index contributed by atoms with van der Waals surface area (Å²) in [5.74, 6) is 0. The molecule has 0 aliphatic rings. The van der Waals surface area contributed by atoms with E-state index >= 15 is 0 Å². The van der Waals surface area contributed by atoms with Gasteiger partial charge in [0.2, 0.25) is 0 Å². The number of benzene rings is 1. The van der Waals surface area contributed by atoms with Gasteiger partial charge in [0, 0.05) is 29.7 Å². The first-order chi connectivity index (χ1) is 9.02. The Morgan fingerprint density at radius 2 is 2.16 bits per heavy atom. The van der Waals surface area contributed by atoms with Crippen LogP contribution in [0.3, 0.4) is 0 Å². The van der Waals surface area contributed by atoms with Crippen molar-refractivity contribution >= 4 is 40.5 Å². The lowest BCUT2D eigenvalue weighted by Crippen LogP contribution is -2.43. The quantitative estimate of drug-likeness (QED) is 0.789. The first kappa shape index (κ1) is 16.5. The van der Waals surface area contributed by atoms with Crippen LogP contribution in [0.5, 0.6) is 0 Å². The second kappa shape index (κ2) is 8.59. The fraction of sp³-hybridized carbons (Fsp3) is 0.462. The Kier molecular flexibility index (Phi) is 7.46. The van der Waals surface area contributed by atoms with Gasteiger partial charge < -0.3 is 15.4 Å². The molecule has 0 radical (unpaired) electrons. The van der Waals surface area contributed by atoms with E-state index in [9.17, 15) is 0 Å². The highest BCUT2D eigenvalue weighted by atomic mass is 35.5. The normalized spacial score (nSPS) is 12.0. The lowest BCUT2D eigenvalue weighted by molar-refractivity contribution is 0.179. The highest BCUT2D eigenvalue weighted by Crippen LogP contribution is 2.20. The molecular formula is C13H18Cl2N2OS. The predicted octanol–water partition coefficient (Wildman–Crippen LogP) is 3.03. The minimum atomic E-state index is 0.184. The van der Waals surface area contributed by atoms with Crippen molar-refractivity contribution in [3.63, 3.8) is 0 Å². The third-order valence-electron chi connectivity index (χ3n) is 2.49. The maximum atomic E-state index is 6.09. The summed E-state index contributed by atoms with van der Waals surface area (Å²) < 4.78 is 5.03. The van der Waals surface area contributed by atoms with Gasteiger partial charge in [-0.05, 0) is 43.3 Å². The lowest BCUT2D eigenvalue weighted by Gasteiger charge is -2.16. The summed E-state index contributed by atoms with van der Waals surface area (Å²) in [6, 6.07) is 5.69. The summed E-state index contributed by atoms with van der Waals surface area (Å²) in [6.07, 6.45) is 0.788. The summed E-state index contributed by atoms with van der Waals surface area (Å²) in [4.78, 5) is 0. The Bertz CT molecular complexity index is 429. The number of ether oxygens (including phenoxy) is 1. The number of methoxy groups -OCH3 is 1. The molecule has 19 heavy (non-hydrogen) atoms. The van der Waals surface area contributed by atoms with Crippen LogP contribution in [0.25, 0.3) is 0 Å². The van der Waals surface area contributed by atoms with E-state index < -0.39 is 0 Å². The van der Waals surface area contributed by atoms with Gasteiger partial charge in [-0.25, -0.2) is 0 Å². The Balaban J connectivity index is 2.31. The minimum absolute atomic E-state index is 0.184. The fourth-order valence-corrected chi connectivity index (χ4v) is 2.41. The van der Waals surface area contributed by atoms with E-state index in [0.717, 1.165) is 12.0 Å². The Morgan fingerprint density at radius 3 is 2.79 bits per heavy atom. The molecule has 0 spiro atoms. The van der Waals surface area contributed by atoms with E-state index in [2.05, 4.69) is 10.6 Å². The second-order valence-electron chi connectivity index (χ2n) is 4.24. The molecule has 0 saturated heterocycles. The minimum Gasteiger partial charge on any atom is -0.383 e. The largest absolute Gasteiger partial charge is 0.383 e. The molecule has 6 heteroatoms. The maximum Gasteiger partial charge on any atom is 0.166 e. The third kappa shape index (κ3) is 6.43. The zero-order valence-electron chi connectivity index (χ0n) is 11.0. The molecule has 3 nitrogen and oxygen atoms in total. The van der Waals surface area contributed by atoms with Crippen molar-refractivity contribution in [2.24, 2.45) is 0 Å². The van der Waals surface area contributed by atoms with Gasteiger partial charge in [0.25, 0.3) is 0 Å². The molecule has 1 aromatic carbocycles.